The van der Waals surface area contributed by atoms with Gasteiger partial charge in [-0.2, -0.15) is 0 Å². The Labute approximate surface area is 114 Å². The smallest absolute Gasteiger partial charge is 0.315 e. The Morgan fingerprint density at radius 1 is 1.11 bits per heavy atom. The number of nitrogens with zero attached hydrogens (tertiary/aromatic N) is 1. The fourth-order valence-electron chi connectivity index (χ4n) is 1.68. The Morgan fingerprint density at radius 2 is 1.79 bits per heavy atom. The van der Waals surface area contributed by atoms with E-state index < -0.39 is 0 Å². The van der Waals surface area contributed by atoms with E-state index in [1.807, 2.05) is 31.2 Å². The number of rotatable bonds is 6. The maximum Gasteiger partial charge on any atom is 0.315 e. The van der Waals surface area contributed by atoms with Gasteiger partial charge in [-0.05, 0) is 31.9 Å². The van der Waals surface area contributed by atoms with Crippen LogP contribution < -0.4 is 0 Å². The van der Waals surface area contributed by atoms with Crippen LogP contribution in [0.4, 0.5) is 5.69 Å². The standard InChI is InChI=1S/C15H21NO3/c1-4-12-9-7-8-10-13(12)16-14(18-5-2)11-15(17)19-6-3/h7-10H,4-6,11H2,1-3H3/b16-14-. The molecule has 0 saturated heterocycles. The minimum absolute atomic E-state index is 0.0692. The van der Waals surface area contributed by atoms with Gasteiger partial charge in [0.1, 0.15) is 6.42 Å². The van der Waals surface area contributed by atoms with Gasteiger partial charge < -0.3 is 9.47 Å². The van der Waals surface area contributed by atoms with E-state index in [9.17, 15) is 4.79 Å². The number of aryl methyl sites for hydroxylation is 1. The minimum atomic E-state index is -0.316. The highest BCUT2D eigenvalue weighted by Crippen LogP contribution is 2.20. The molecule has 0 aromatic heterocycles. The van der Waals surface area contributed by atoms with Crippen LogP contribution in [-0.4, -0.2) is 25.1 Å². The molecule has 104 valence electrons. The summed E-state index contributed by atoms with van der Waals surface area (Å²) in [6, 6.07) is 7.84. The molecular formula is C15H21NO3. The average molecular weight is 263 g/mol. The second-order valence-corrected chi connectivity index (χ2v) is 3.90. The molecule has 1 aromatic carbocycles. The normalized spacial score (nSPS) is 11.2. The number of benzene rings is 1. The van der Waals surface area contributed by atoms with E-state index in [4.69, 9.17) is 9.47 Å². The van der Waals surface area contributed by atoms with Crippen LogP contribution in [0.5, 0.6) is 0 Å². The molecule has 0 aliphatic carbocycles. The molecule has 19 heavy (non-hydrogen) atoms. The van der Waals surface area contributed by atoms with Crippen molar-refractivity contribution in [3.05, 3.63) is 29.8 Å². The summed E-state index contributed by atoms with van der Waals surface area (Å²) in [5, 5.41) is 0. The number of ether oxygens (including phenoxy) is 2. The summed E-state index contributed by atoms with van der Waals surface area (Å²) in [6.07, 6.45) is 0.957. The van der Waals surface area contributed by atoms with Gasteiger partial charge in [0.2, 0.25) is 0 Å². The molecule has 1 rings (SSSR count). The van der Waals surface area contributed by atoms with Crippen molar-refractivity contribution in [2.24, 2.45) is 4.99 Å². The van der Waals surface area contributed by atoms with Gasteiger partial charge in [0.15, 0.2) is 5.90 Å². The van der Waals surface area contributed by atoms with Gasteiger partial charge in [0.05, 0.1) is 18.9 Å². The molecular weight excluding hydrogens is 242 g/mol. The molecule has 0 unspecified atom stereocenters. The largest absolute Gasteiger partial charge is 0.481 e. The van der Waals surface area contributed by atoms with Crippen LogP contribution in [-0.2, 0) is 20.7 Å². The van der Waals surface area contributed by atoms with Gasteiger partial charge in [-0.25, -0.2) is 4.99 Å². The Hall–Kier alpha value is -1.84. The molecule has 4 heteroatoms. The van der Waals surface area contributed by atoms with Crippen LogP contribution >= 0.6 is 0 Å². The first-order valence-corrected chi connectivity index (χ1v) is 6.65. The fraction of sp³-hybridized carbons (Fsp3) is 0.467. The van der Waals surface area contributed by atoms with Crippen LogP contribution in [0.15, 0.2) is 29.3 Å². The second-order valence-electron chi connectivity index (χ2n) is 3.90. The van der Waals surface area contributed by atoms with Crippen molar-refractivity contribution >= 4 is 17.6 Å². The van der Waals surface area contributed by atoms with Crippen molar-refractivity contribution in [1.29, 1.82) is 0 Å². The van der Waals surface area contributed by atoms with Crippen molar-refractivity contribution in [3.8, 4) is 0 Å². The first kappa shape index (κ1) is 15.2. The van der Waals surface area contributed by atoms with Gasteiger partial charge in [-0.1, -0.05) is 25.1 Å². The molecule has 0 fully saturated rings. The van der Waals surface area contributed by atoms with E-state index in [0.717, 1.165) is 17.7 Å². The van der Waals surface area contributed by atoms with Gasteiger partial charge in [0.25, 0.3) is 0 Å². The summed E-state index contributed by atoms with van der Waals surface area (Å²) in [4.78, 5) is 15.9. The molecule has 0 atom stereocenters. The molecule has 1 aromatic rings. The molecule has 0 heterocycles. The summed E-state index contributed by atoms with van der Waals surface area (Å²) < 4.78 is 10.3. The summed E-state index contributed by atoms with van der Waals surface area (Å²) in [6.45, 7) is 6.56. The number of para-hydroxylation sites is 1. The van der Waals surface area contributed by atoms with Crippen molar-refractivity contribution in [1.82, 2.24) is 0 Å². The minimum Gasteiger partial charge on any atom is -0.481 e. The number of hydrogen-bond acceptors (Lipinski definition) is 4. The highest BCUT2D eigenvalue weighted by molar-refractivity contribution is 5.95. The first-order chi connectivity index (χ1) is 9.21. The predicted molar refractivity (Wildman–Crippen MR) is 75.8 cm³/mol. The Morgan fingerprint density at radius 3 is 2.42 bits per heavy atom. The molecule has 0 aliphatic heterocycles. The molecule has 0 bridgehead atoms. The zero-order valence-electron chi connectivity index (χ0n) is 11.8. The van der Waals surface area contributed by atoms with Crippen LogP contribution in [0, 0.1) is 0 Å². The Kier molecular flexibility index (Phi) is 6.64. The Bertz CT molecular complexity index is 441. The fourth-order valence-corrected chi connectivity index (χ4v) is 1.68. The summed E-state index contributed by atoms with van der Waals surface area (Å²) in [5.74, 6) is 0.0885. The van der Waals surface area contributed by atoms with Crippen molar-refractivity contribution < 1.29 is 14.3 Å². The van der Waals surface area contributed by atoms with E-state index in [0.29, 0.717) is 19.1 Å². The zero-order valence-corrected chi connectivity index (χ0v) is 11.8. The van der Waals surface area contributed by atoms with Crippen molar-refractivity contribution in [3.63, 3.8) is 0 Å². The molecule has 0 N–H and O–H groups in total. The Balaban J connectivity index is 2.90. The molecule has 4 nitrogen and oxygen atoms in total. The van der Waals surface area contributed by atoms with Gasteiger partial charge in [-0.3, -0.25) is 4.79 Å². The van der Waals surface area contributed by atoms with Crippen LogP contribution in [0.25, 0.3) is 0 Å². The lowest BCUT2D eigenvalue weighted by Crippen LogP contribution is -2.14. The van der Waals surface area contributed by atoms with Crippen molar-refractivity contribution in [2.75, 3.05) is 13.2 Å². The number of hydrogen-bond donors (Lipinski definition) is 0. The number of carbonyl (C=O) groups excluding carboxylic acids is 1. The molecule has 0 radical (unpaired) electrons. The van der Waals surface area contributed by atoms with Gasteiger partial charge in [0, 0.05) is 0 Å². The molecule has 0 spiro atoms. The lowest BCUT2D eigenvalue weighted by atomic mass is 10.1. The number of carbonyl (C=O) groups is 1. The third kappa shape index (κ3) is 5.12. The first-order valence-electron chi connectivity index (χ1n) is 6.65. The third-order valence-corrected chi connectivity index (χ3v) is 2.53. The van der Waals surface area contributed by atoms with Gasteiger partial charge in [-0.15, -0.1) is 0 Å². The van der Waals surface area contributed by atoms with Crippen LogP contribution in [0.2, 0.25) is 0 Å². The van der Waals surface area contributed by atoms with Gasteiger partial charge >= 0.3 is 5.97 Å². The number of esters is 1. The monoisotopic (exact) mass is 263 g/mol. The molecule has 0 saturated carbocycles. The van der Waals surface area contributed by atoms with E-state index in [-0.39, 0.29) is 12.4 Å². The SMILES string of the molecule is CCOC(=O)C/C(=N/c1ccccc1CC)OCC. The summed E-state index contributed by atoms with van der Waals surface area (Å²) in [5.41, 5.74) is 1.97. The highest BCUT2D eigenvalue weighted by atomic mass is 16.5. The summed E-state index contributed by atoms with van der Waals surface area (Å²) >= 11 is 0. The molecule has 0 amide bonds. The van der Waals surface area contributed by atoms with E-state index >= 15 is 0 Å². The lowest BCUT2D eigenvalue weighted by molar-refractivity contribution is -0.141. The lowest BCUT2D eigenvalue weighted by Gasteiger charge is -2.09. The predicted octanol–water partition coefficient (Wildman–Crippen LogP) is 3.27. The maximum atomic E-state index is 11.5. The highest BCUT2D eigenvalue weighted by Gasteiger charge is 2.10. The van der Waals surface area contributed by atoms with E-state index in [1.165, 1.54) is 0 Å². The quantitative estimate of drug-likeness (QED) is 0.449. The molecule has 0 aliphatic rings. The third-order valence-electron chi connectivity index (χ3n) is 2.53. The zero-order chi connectivity index (χ0) is 14.1. The van der Waals surface area contributed by atoms with Crippen molar-refractivity contribution in [2.45, 2.75) is 33.6 Å². The van der Waals surface area contributed by atoms with E-state index in [1.54, 1.807) is 6.92 Å². The average Bonchev–Trinajstić information content (AvgIpc) is 2.40. The second kappa shape index (κ2) is 8.29. The van der Waals surface area contributed by atoms with Crippen LogP contribution in [0.1, 0.15) is 32.8 Å². The topological polar surface area (TPSA) is 47.9 Å². The maximum absolute atomic E-state index is 11.5. The number of aliphatic imine (C=N–C) groups is 1. The van der Waals surface area contributed by atoms with Crippen LogP contribution in [0.3, 0.4) is 0 Å². The summed E-state index contributed by atoms with van der Waals surface area (Å²) in [7, 11) is 0. The van der Waals surface area contributed by atoms with E-state index in [2.05, 4.69) is 11.9 Å².